The number of aromatic nitrogens is 1. The van der Waals surface area contributed by atoms with Gasteiger partial charge < -0.3 is 29.3 Å². The summed E-state index contributed by atoms with van der Waals surface area (Å²) in [5.41, 5.74) is 4.18. The number of amides is 1. The molecule has 0 bridgehead atoms. The molecular weight excluding hydrogens is 526 g/mol. The van der Waals surface area contributed by atoms with E-state index in [1.54, 1.807) is 11.7 Å². The molecule has 3 atom stereocenters. The van der Waals surface area contributed by atoms with Gasteiger partial charge in [0.05, 0.1) is 37.5 Å². The highest BCUT2D eigenvalue weighted by molar-refractivity contribution is 5.82. The number of nitrogens with zero attached hydrogens (tertiary/aromatic N) is 3. The Morgan fingerprint density at radius 1 is 1.12 bits per heavy atom. The zero-order chi connectivity index (χ0) is 28.6. The lowest BCUT2D eigenvalue weighted by atomic mass is 10.0. The van der Waals surface area contributed by atoms with Crippen molar-refractivity contribution in [2.75, 3.05) is 59.7 Å². The molecule has 0 saturated carbocycles. The van der Waals surface area contributed by atoms with E-state index in [9.17, 15) is 14.9 Å². The maximum atomic E-state index is 12.8. The first-order valence-electron chi connectivity index (χ1n) is 14.1. The summed E-state index contributed by atoms with van der Waals surface area (Å²) in [4.78, 5) is 27.6. The van der Waals surface area contributed by atoms with E-state index < -0.39 is 12.1 Å². The summed E-state index contributed by atoms with van der Waals surface area (Å²) in [6, 6.07) is 15.1. The first kappa shape index (κ1) is 29.0. The second-order valence-corrected chi connectivity index (χ2v) is 10.4. The summed E-state index contributed by atoms with van der Waals surface area (Å²) in [6.07, 6.45) is 0.466. The molecule has 0 aliphatic carbocycles. The van der Waals surface area contributed by atoms with Gasteiger partial charge in [0.25, 0.3) is 5.91 Å². The Hall–Kier alpha value is -3.53. The fraction of sp³-hybridized carbons (Fsp3) is 0.500. The number of hydrogen-bond donors (Lipinski definition) is 2. The van der Waals surface area contributed by atoms with Gasteiger partial charge in [-0.1, -0.05) is 30.3 Å². The SMILES string of the molecule is COC1CCOC(C(=O)NC(C#N)Cc2ccc(-c3ccc4oc(=O)n(CCN5CCOCC5)c4c3)cc2)CNC1. The lowest BCUT2D eigenvalue weighted by Gasteiger charge is -2.26. The molecule has 11 nitrogen and oxygen atoms in total. The van der Waals surface area contributed by atoms with Crippen LogP contribution >= 0.6 is 0 Å². The molecular formula is C30H37N5O6. The summed E-state index contributed by atoms with van der Waals surface area (Å²) < 4.78 is 23.7. The highest BCUT2D eigenvalue weighted by Crippen LogP contribution is 2.25. The van der Waals surface area contributed by atoms with Gasteiger partial charge in [-0.05, 0) is 35.2 Å². The second-order valence-electron chi connectivity index (χ2n) is 10.4. The Kier molecular flexibility index (Phi) is 9.82. The number of rotatable bonds is 9. The summed E-state index contributed by atoms with van der Waals surface area (Å²) in [6.45, 7) is 5.88. The monoisotopic (exact) mass is 563 g/mol. The van der Waals surface area contributed by atoms with Crippen molar-refractivity contribution in [1.29, 1.82) is 5.26 Å². The Morgan fingerprint density at radius 2 is 1.90 bits per heavy atom. The summed E-state index contributed by atoms with van der Waals surface area (Å²) >= 11 is 0. The molecule has 1 aromatic heterocycles. The van der Waals surface area contributed by atoms with E-state index in [0.29, 0.717) is 57.9 Å². The number of oxazole rings is 1. The van der Waals surface area contributed by atoms with Crippen LogP contribution in [0.5, 0.6) is 0 Å². The van der Waals surface area contributed by atoms with Gasteiger partial charge >= 0.3 is 5.76 Å². The lowest BCUT2D eigenvalue weighted by Crippen LogP contribution is -2.49. The van der Waals surface area contributed by atoms with E-state index in [0.717, 1.165) is 41.8 Å². The van der Waals surface area contributed by atoms with Crippen molar-refractivity contribution >= 4 is 17.0 Å². The smallest absolute Gasteiger partial charge is 0.408 e. The van der Waals surface area contributed by atoms with Gasteiger partial charge in [-0.15, -0.1) is 0 Å². The number of methoxy groups -OCH3 is 1. The minimum atomic E-state index is -0.683. The fourth-order valence-electron chi connectivity index (χ4n) is 5.23. The summed E-state index contributed by atoms with van der Waals surface area (Å²) in [5.74, 6) is -0.658. The second kappa shape index (κ2) is 13.9. The van der Waals surface area contributed by atoms with Crippen LogP contribution in [0.2, 0.25) is 0 Å². The molecule has 1 amide bonds. The maximum Gasteiger partial charge on any atom is 0.419 e. The van der Waals surface area contributed by atoms with Crippen LogP contribution in [0.15, 0.2) is 51.7 Å². The average Bonchev–Trinajstić information content (AvgIpc) is 3.30. The van der Waals surface area contributed by atoms with Gasteiger partial charge in [-0.3, -0.25) is 14.3 Å². The highest BCUT2D eigenvalue weighted by Gasteiger charge is 2.25. The molecule has 3 unspecified atom stereocenters. The third-order valence-corrected chi connectivity index (χ3v) is 7.70. The van der Waals surface area contributed by atoms with Crippen molar-refractivity contribution in [3.8, 4) is 17.2 Å². The van der Waals surface area contributed by atoms with Gasteiger partial charge in [-0.25, -0.2) is 4.79 Å². The van der Waals surface area contributed by atoms with Crippen LogP contribution in [-0.4, -0.2) is 93.3 Å². The Bertz CT molecular complexity index is 1400. The fourth-order valence-corrected chi connectivity index (χ4v) is 5.23. The Balaban J connectivity index is 1.21. The molecule has 41 heavy (non-hydrogen) atoms. The van der Waals surface area contributed by atoms with Gasteiger partial charge in [0.2, 0.25) is 0 Å². The molecule has 3 heterocycles. The number of benzene rings is 2. The number of morpholine rings is 1. The summed E-state index contributed by atoms with van der Waals surface area (Å²) in [7, 11) is 1.66. The predicted molar refractivity (Wildman–Crippen MR) is 152 cm³/mol. The van der Waals surface area contributed by atoms with E-state index >= 15 is 0 Å². The average molecular weight is 564 g/mol. The molecule has 2 aliphatic heterocycles. The van der Waals surface area contributed by atoms with E-state index in [4.69, 9.17) is 18.6 Å². The summed E-state index contributed by atoms with van der Waals surface area (Å²) in [5, 5.41) is 15.7. The number of hydrogen-bond acceptors (Lipinski definition) is 9. The highest BCUT2D eigenvalue weighted by atomic mass is 16.5. The normalized spacial score (nSPS) is 21.1. The van der Waals surface area contributed by atoms with Crippen LogP contribution in [0.3, 0.4) is 0 Å². The molecule has 2 saturated heterocycles. The van der Waals surface area contributed by atoms with E-state index in [1.807, 2.05) is 42.5 Å². The molecule has 0 radical (unpaired) electrons. The van der Waals surface area contributed by atoms with Crippen LogP contribution < -0.4 is 16.4 Å². The largest absolute Gasteiger partial charge is 0.419 e. The molecule has 2 aromatic carbocycles. The number of nitrogens with one attached hydrogen (secondary N) is 2. The van der Waals surface area contributed by atoms with Crippen molar-refractivity contribution in [3.63, 3.8) is 0 Å². The Morgan fingerprint density at radius 3 is 2.66 bits per heavy atom. The molecule has 2 N–H and O–H groups in total. The lowest BCUT2D eigenvalue weighted by molar-refractivity contribution is -0.134. The number of nitriles is 1. The number of carbonyl (C=O) groups is 1. The van der Waals surface area contributed by atoms with Crippen LogP contribution in [0.25, 0.3) is 22.2 Å². The minimum absolute atomic E-state index is 0.0563. The molecule has 218 valence electrons. The zero-order valence-corrected chi connectivity index (χ0v) is 23.3. The first-order chi connectivity index (χ1) is 20.0. The molecule has 2 aliphatic rings. The van der Waals surface area contributed by atoms with Crippen LogP contribution in [-0.2, 0) is 32.0 Å². The van der Waals surface area contributed by atoms with Crippen molar-refractivity contribution in [1.82, 2.24) is 20.1 Å². The van der Waals surface area contributed by atoms with Crippen LogP contribution in [0, 0.1) is 11.3 Å². The van der Waals surface area contributed by atoms with Gasteiger partial charge in [0, 0.05) is 52.8 Å². The number of fused-ring (bicyclic) bond motifs is 1. The molecule has 5 rings (SSSR count). The van der Waals surface area contributed by atoms with Crippen molar-refractivity contribution < 1.29 is 23.4 Å². The third-order valence-electron chi connectivity index (χ3n) is 7.70. The number of carbonyl (C=O) groups excluding carboxylic acids is 1. The van der Waals surface area contributed by atoms with Gasteiger partial charge in [-0.2, -0.15) is 5.26 Å². The minimum Gasteiger partial charge on any atom is -0.408 e. The van der Waals surface area contributed by atoms with Gasteiger partial charge in [0.1, 0.15) is 12.1 Å². The van der Waals surface area contributed by atoms with E-state index in [2.05, 4.69) is 21.6 Å². The first-order valence-corrected chi connectivity index (χ1v) is 14.1. The van der Waals surface area contributed by atoms with Crippen molar-refractivity contribution in [3.05, 3.63) is 58.6 Å². The topological polar surface area (TPSA) is 131 Å². The van der Waals surface area contributed by atoms with Crippen LogP contribution in [0.1, 0.15) is 12.0 Å². The standard InChI is InChI=1S/C30H37N5O6/c1-38-25-8-13-40-28(20-32-19-25)29(36)33-24(18-31)16-21-2-4-22(5-3-21)23-6-7-27-26(17-23)35(30(37)41-27)10-9-34-11-14-39-15-12-34/h2-7,17,24-25,28,32H,8-16,19-20H2,1H3,(H,33,36). The van der Waals surface area contributed by atoms with Crippen LogP contribution in [0.4, 0.5) is 0 Å². The number of ether oxygens (including phenoxy) is 3. The molecule has 2 fully saturated rings. The maximum absolute atomic E-state index is 12.8. The third kappa shape index (κ3) is 7.41. The zero-order valence-electron chi connectivity index (χ0n) is 23.3. The molecule has 0 spiro atoms. The molecule has 3 aromatic rings. The van der Waals surface area contributed by atoms with E-state index in [-0.39, 0.29) is 17.8 Å². The van der Waals surface area contributed by atoms with Crippen molar-refractivity contribution in [2.24, 2.45) is 0 Å². The van der Waals surface area contributed by atoms with E-state index in [1.165, 1.54) is 0 Å². The predicted octanol–water partition coefficient (Wildman–Crippen LogP) is 1.54. The van der Waals surface area contributed by atoms with Crippen molar-refractivity contribution in [2.45, 2.75) is 37.6 Å². The Labute approximate surface area is 239 Å². The quantitative estimate of drug-likeness (QED) is 0.398. The molecule has 11 heteroatoms. The van der Waals surface area contributed by atoms with Gasteiger partial charge in [0.15, 0.2) is 5.58 Å².